The van der Waals surface area contributed by atoms with Crippen molar-refractivity contribution in [1.29, 1.82) is 0 Å². The van der Waals surface area contributed by atoms with Crippen LogP contribution in [0.15, 0.2) is 29.2 Å². The van der Waals surface area contributed by atoms with Crippen LogP contribution in [-0.4, -0.2) is 62.4 Å². The first-order chi connectivity index (χ1) is 10.7. The maximum Gasteiger partial charge on any atom is 0.243 e. The highest BCUT2D eigenvalue weighted by Gasteiger charge is 2.30. The van der Waals surface area contributed by atoms with Crippen molar-refractivity contribution in [3.05, 3.63) is 30.1 Å². The molecule has 1 saturated heterocycles. The molecule has 0 aliphatic carbocycles. The van der Waals surface area contributed by atoms with E-state index in [1.807, 2.05) is 13.8 Å². The number of carbonyl (C=O) groups excluding carboxylic acids is 1. The van der Waals surface area contributed by atoms with Crippen molar-refractivity contribution in [3.8, 4) is 0 Å². The van der Waals surface area contributed by atoms with E-state index in [1.165, 1.54) is 19.2 Å². The highest BCUT2D eigenvalue weighted by Crippen LogP contribution is 2.16. The predicted molar refractivity (Wildman–Crippen MR) is 82.8 cm³/mol. The van der Waals surface area contributed by atoms with Gasteiger partial charge in [0.1, 0.15) is 5.82 Å². The predicted octanol–water partition coefficient (Wildman–Crippen LogP) is 1.08. The molecule has 1 amide bonds. The molecule has 1 aromatic carbocycles. The second-order valence-electron chi connectivity index (χ2n) is 5.75. The van der Waals surface area contributed by atoms with Gasteiger partial charge in [-0.25, -0.2) is 12.8 Å². The lowest BCUT2D eigenvalue weighted by atomic mass is 10.2. The lowest BCUT2D eigenvalue weighted by Crippen LogP contribution is -2.53. The van der Waals surface area contributed by atoms with E-state index in [-0.39, 0.29) is 29.5 Å². The third-order valence-corrected chi connectivity index (χ3v) is 5.63. The fourth-order valence-corrected chi connectivity index (χ4v) is 3.52. The van der Waals surface area contributed by atoms with Crippen molar-refractivity contribution in [2.24, 2.45) is 0 Å². The standard InChI is InChI=1S/C15H21FN2O4S/c1-11-10-22-12(2)8-18(11)15(19)9-17(3)23(20,21)14-6-4-13(16)5-7-14/h4-7,11-12H,8-10H2,1-3H3. The Morgan fingerprint density at radius 3 is 2.57 bits per heavy atom. The number of amides is 1. The summed E-state index contributed by atoms with van der Waals surface area (Å²) in [6, 6.07) is 4.43. The number of sulfonamides is 1. The van der Waals surface area contributed by atoms with Gasteiger partial charge < -0.3 is 9.64 Å². The number of hydrogen-bond acceptors (Lipinski definition) is 4. The molecule has 0 aromatic heterocycles. The summed E-state index contributed by atoms with van der Waals surface area (Å²) in [6.07, 6.45) is -0.0749. The van der Waals surface area contributed by atoms with Crippen LogP contribution in [0.1, 0.15) is 13.8 Å². The number of halogens is 1. The number of rotatable bonds is 4. The third kappa shape index (κ3) is 4.07. The molecular weight excluding hydrogens is 323 g/mol. The van der Waals surface area contributed by atoms with Crippen molar-refractivity contribution >= 4 is 15.9 Å². The van der Waals surface area contributed by atoms with Gasteiger partial charge in [0.05, 0.1) is 30.2 Å². The fraction of sp³-hybridized carbons (Fsp3) is 0.533. The normalized spacial score (nSPS) is 22.4. The van der Waals surface area contributed by atoms with Crippen LogP contribution in [0.2, 0.25) is 0 Å². The van der Waals surface area contributed by atoms with Crippen LogP contribution >= 0.6 is 0 Å². The van der Waals surface area contributed by atoms with Gasteiger partial charge >= 0.3 is 0 Å². The summed E-state index contributed by atoms with van der Waals surface area (Å²) in [5.74, 6) is -0.792. The van der Waals surface area contributed by atoms with E-state index in [9.17, 15) is 17.6 Å². The maximum atomic E-state index is 12.9. The molecule has 0 bridgehead atoms. The summed E-state index contributed by atoms with van der Waals surface area (Å²) in [6.45, 7) is 4.33. The minimum atomic E-state index is -3.83. The molecule has 8 heteroatoms. The molecule has 1 aromatic rings. The molecule has 1 heterocycles. The number of ether oxygens (including phenoxy) is 1. The minimum absolute atomic E-state index is 0.0439. The number of nitrogens with zero attached hydrogens (tertiary/aromatic N) is 2. The Labute approximate surface area is 135 Å². The molecule has 6 nitrogen and oxygen atoms in total. The van der Waals surface area contributed by atoms with Gasteiger partial charge in [-0.1, -0.05) is 0 Å². The molecule has 0 spiro atoms. The van der Waals surface area contributed by atoms with Crippen LogP contribution in [0.25, 0.3) is 0 Å². The zero-order valence-corrected chi connectivity index (χ0v) is 14.2. The highest BCUT2D eigenvalue weighted by atomic mass is 32.2. The first-order valence-electron chi connectivity index (χ1n) is 7.35. The van der Waals surface area contributed by atoms with Gasteiger partial charge in [0, 0.05) is 13.6 Å². The Hall–Kier alpha value is -1.51. The van der Waals surface area contributed by atoms with Crippen LogP contribution < -0.4 is 0 Å². The molecule has 1 aliphatic heterocycles. The molecular formula is C15H21FN2O4S. The Morgan fingerprint density at radius 1 is 1.35 bits per heavy atom. The molecule has 0 saturated carbocycles. The minimum Gasteiger partial charge on any atom is -0.375 e. The summed E-state index contributed by atoms with van der Waals surface area (Å²) in [5, 5.41) is 0. The second kappa shape index (κ2) is 6.94. The topological polar surface area (TPSA) is 66.9 Å². The third-order valence-electron chi connectivity index (χ3n) is 3.81. The van der Waals surface area contributed by atoms with Gasteiger partial charge in [0.25, 0.3) is 0 Å². The van der Waals surface area contributed by atoms with E-state index in [0.29, 0.717) is 13.2 Å². The number of hydrogen-bond donors (Lipinski definition) is 0. The van der Waals surface area contributed by atoms with E-state index >= 15 is 0 Å². The second-order valence-corrected chi connectivity index (χ2v) is 7.80. The summed E-state index contributed by atoms with van der Waals surface area (Å²) in [4.78, 5) is 14.0. The van der Waals surface area contributed by atoms with E-state index < -0.39 is 15.8 Å². The number of carbonyl (C=O) groups is 1. The molecule has 1 aliphatic rings. The number of morpholine rings is 1. The summed E-state index contributed by atoms with van der Waals surface area (Å²) in [7, 11) is -2.49. The molecule has 128 valence electrons. The summed E-state index contributed by atoms with van der Waals surface area (Å²) in [5.41, 5.74) is 0. The van der Waals surface area contributed by atoms with Gasteiger partial charge in [-0.05, 0) is 38.1 Å². The SMILES string of the molecule is CC1CN(C(=O)CN(C)S(=O)(=O)c2ccc(F)cc2)C(C)CO1. The molecule has 2 atom stereocenters. The van der Waals surface area contributed by atoms with Crippen LogP contribution in [-0.2, 0) is 19.6 Å². The Balaban J connectivity index is 2.09. The Kier molecular flexibility index (Phi) is 5.38. The smallest absolute Gasteiger partial charge is 0.243 e. The van der Waals surface area contributed by atoms with Crippen molar-refractivity contribution < 1.29 is 22.3 Å². The van der Waals surface area contributed by atoms with Gasteiger partial charge in [-0.3, -0.25) is 4.79 Å². The average Bonchev–Trinajstić information content (AvgIpc) is 2.50. The monoisotopic (exact) mass is 344 g/mol. The van der Waals surface area contributed by atoms with Gasteiger partial charge in [0.15, 0.2) is 0 Å². The molecule has 23 heavy (non-hydrogen) atoms. The van der Waals surface area contributed by atoms with Crippen LogP contribution in [0.5, 0.6) is 0 Å². The fourth-order valence-electron chi connectivity index (χ4n) is 2.40. The Bertz CT molecular complexity index is 663. The first kappa shape index (κ1) is 17.8. The first-order valence-corrected chi connectivity index (χ1v) is 8.79. The van der Waals surface area contributed by atoms with Crippen LogP contribution in [0.3, 0.4) is 0 Å². The number of benzene rings is 1. The molecule has 1 fully saturated rings. The zero-order chi connectivity index (χ0) is 17.2. The lowest BCUT2D eigenvalue weighted by Gasteiger charge is -2.37. The maximum absolute atomic E-state index is 12.9. The van der Waals surface area contributed by atoms with Crippen molar-refractivity contribution in [2.45, 2.75) is 30.9 Å². The van der Waals surface area contributed by atoms with E-state index in [0.717, 1.165) is 16.4 Å². The van der Waals surface area contributed by atoms with Crippen LogP contribution in [0.4, 0.5) is 4.39 Å². The van der Waals surface area contributed by atoms with Crippen molar-refractivity contribution in [1.82, 2.24) is 9.21 Å². The van der Waals surface area contributed by atoms with Gasteiger partial charge in [0.2, 0.25) is 15.9 Å². The highest BCUT2D eigenvalue weighted by molar-refractivity contribution is 7.89. The lowest BCUT2D eigenvalue weighted by molar-refractivity contribution is -0.143. The molecule has 2 rings (SSSR count). The molecule has 2 unspecified atom stereocenters. The summed E-state index contributed by atoms with van der Waals surface area (Å²) < 4.78 is 44.2. The molecule has 0 radical (unpaired) electrons. The zero-order valence-electron chi connectivity index (χ0n) is 13.4. The number of likely N-dealkylation sites (N-methyl/N-ethyl adjacent to an activating group) is 1. The van der Waals surface area contributed by atoms with E-state index in [4.69, 9.17) is 4.74 Å². The quantitative estimate of drug-likeness (QED) is 0.820. The average molecular weight is 344 g/mol. The van der Waals surface area contributed by atoms with Gasteiger partial charge in [-0.2, -0.15) is 4.31 Å². The van der Waals surface area contributed by atoms with E-state index in [2.05, 4.69) is 0 Å². The summed E-state index contributed by atoms with van der Waals surface area (Å²) >= 11 is 0. The van der Waals surface area contributed by atoms with E-state index in [1.54, 1.807) is 4.90 Å². The largest absolute Gasteiger partial charge is 0.375 e. The van der Waals surface area contributed by atoms with Crippen LogP contribution in [0, 0.1) is 5.82 Å². The van der Waals surface area contributed by atoms with Crippen molar-refractivity contribution in [2.75, 3.05) is 26.7 Å². The van der Waals surface area contributed by atoms with Gasteiger partial charge in [-0.15, -0.1) is 0 Å². The van der Waals surface area contributed by atoms with Crippen molar-refractivity contribution in [3.63, 3.8) is 0 Å². The Morgan fingerprint density at radius 2 is 1.96 bits per heavy atom. The molecule has 0 N–H and O–H groups in total.